The maximum Gasteiger partial charge on any atom is 0.449 e. The molecule has 0 saturated carbocycles. The van der Waals surface area contributed by atoms with E-state index in [1.54, 1.807) is 0 Å². The molecule has 0 aliphatic carbocycles. The van der Waals surface area contributed by atoms with Crippen molar-refractivity contribution in [3.8, 4) is 0 Å². The van der Waals surface area contributed by atoms with Crippen molar-refractivity contribution in [2.24, 2.45) is 0 Å². The molecule has 0 amide bonds. The summed E-state index contributed by atoms with van der Waals surface area (Å²) in [5.74, 6) is 0. The van der Waals surface area contributed by atoms with Gasteiger partial charge >= 0.3 is 27.4 Å². The largest absolute Gasteiger partial charge is 0.449 e. The molecule has 0 aromatic heterocycles. The molecule has 1 saturated heterocycles. The summed E-state index contributed by atoms with van der Waals surface area (Å²) in [6.45, 7) is 0. The van der Waals surface area contributed by atoms with Gasteiger partial charge in [0.05, 0.1) is 0 Å². The summed E-state index contributed by atoms with van der Waals surface area (Å²) < 4.78 is 93.3. The van der Waals surface area contributed by atoms with Crippen LogP contribution >= 0.6 is 0 Å². The summed E-state index contributed by atoms with van der Waals surface area (Å²) in [7, 11) is -5.93. The Bertz CT molecular complexity index is 317. The smallest absolute Gasteiger partial charge is 0.203 e. The van der Waals surface area contributed by atoms with Crippen LogP contribution < -0.4 is 0 Å². The van der Waals surface area contributed by atoms with Crippen molar-refractivity contribution in [2.75, 3.05) is 0 Å². The van der Waals surface area contributed by atoms with Crippen molar-refractivity contribution < 1.29 is 38.9 Å². The normalized spacial score (nSPS) is 36.8. The van der Waals surface area contributed by atoms with Crippen LogP contribution in [0.25, 0.3) is 0 Å². The topological polar surface area (TPSA) is 43.4 Å². The van der Waals surface area contributed by atoms with Crippen molar-refractivity contribution in [2.45, 2.75) is 17.3 Å². The molecule has 1 fully saturated rings. The lowest BCUT2D eigenvalue weighted by atomic mass is 10.3. The molecule has 0 aromatic carbocycles. The van der Waals surface area contributed by atoms with E-state index in [0.717, 1.165) is 0 Å². The van der Waals surface area contributed by atoms with Gasteiger partial charge in [0.25, 0.3) is 0 Å². The van der Waals surface area contributed by atoms with Crippen molar-refractivity contribution in [1.29, 1.82) is 0 Å². The number of alkyl halides is 6. The first-order valence-corrected chi connectivity index (χ1v) is 3.95. The van der Waals surface area contributed by atoms with Gasteiger partial charge in [-0.1, -0.05) is 0 Å². The Labute approximate surface area is 67.4 Å². The van der Waals surface area contributed by atoms with Crippen LogP contribution in [-0.2, 0) is 14.3 Å². The fraction of sp³-hybridized carbons (Fsp3) is 1.00. The Morgan fingerprint density at radius 3 is 1.54 bits per heavy atom. The molecule has 1 aliphatic rings. The maximum atomic E-state index is 12.4. The van der Waals surface area contributed by atoms with Crippen LogP contribution in [0, 0.1) is 0 Å². The maximum absolute atomic E-state index is 12.4. The molecule has 0 radical (unpaired) electrons. The monoisotopic (exact) mass is 230 g/mol. The van der Waals surface area contributed by atoms with E-state index < -0.39 is 27.4 Å². The van der Waals surface area contributed by atoms with E-state index in [0.29, 0.717) is 0 Å². The van der Waals surface area contributed by atoms with Gasteiger partial charge < -0.3 is 0 Å². The van der Waals surface area contributed by atoms with Crippen LogP contribution in [0.1, 0.15) is 0 Å². The molecule has 1 heterocycles. The minimum atomic E-state index is -6.23. The first-order valence-electron chi connectivity index (χ1n) is 2.54. The highest BCUT2D eigenvalue weighted by Gasteiger charge is 2.90. The standard InChI is InChI=1S/C3F6O3S/c4-1(2(5,6)7)3(8,9)12-13(1,10)11/t1-/m0/s1. The molecule has 0 unspecified atom stereocenters. The Morgan fingerprint density at radius 2 is 1.46 bits per heavy atom. The predicted octanol–water partition coefficient (Wildman–Crippen LogP) is 1.17. The third kappa shape index (κ3) is 0.980. The summed E-state index contributed by atoms with van der Waals surface area (Å²) in [6, 6.07) is 0. The van der Waals surface area contributed by atoms with Crippen LogP contribution in [0.5, 0.6) is 0 Å². The second kappa shape index (κ2) is 2.11. The number of hydrogen-bond acceptors (Lipinski definition) is 3. The van der Waals surface area contributed by atoms with Crippen LogP contribution in [0.4, 0.5) is 26.3 Å². The van der Waals surface area contributed by atoms with Gasteiger partial charge in [-0.25, -0.2) is 4.39 Å². The summed E-state index contributed by atoms with van der Waals surface area (Å²) in [6.07, 6.45) is -11.6. The molecule has 1 aliphatic heterocycles. The van der Waals surface area contributed by atoms with Crippen molar-refractivity contribution >= 4 is 10.1 Å². The minimum Gasteiger partial charge on any atom is -0.203 e. The van der Waals surface area contributed by atoms with Gasteiger partial charge in [0.1, 0.15) is 0 Å². The predicted molar refractivity (Wildman–Crippen MR) is 24.8 cm³/mol. The van der Waals surface area contributed by atoms with Gasteiger partial charge in [0.2, 0.25) is 0 Å². The highest BCUT2D eigenvalue weighted by atomic mass is 32.2. The van der Waals surface area contributed by atoms with Crippen molar-refractivity contribution in [1.82, 2.24) is 0 Å². The molecular weight excluding hydrogens is 230 g/mol. The Kier molecular flexibility index (Phi) is 1.71. The SMILES string of the molecule is O=S1(=O)OC(F)(F)[C@]1(F)C(F)(F)F. The summed E-state index contributed by atoms with van der Waals surface area (Å²) in [4.78, 5) is 0. The lowest BCUT2D eigenvalue weighted by Crippen LogP contribution is -2.71. The lowest BCUT2D eigenvalue weighted by Gasteiger charge is -2.40. The van der Waals surface area contributed by atoms with Crippen LogP contribution in [0.15, 0.2) is 0 Å². The van der Waals surface area contributed by atoms with E-state index in [9.17, 15) is 34.8 Å². The molecule has 0 aromatic rings. The first kappa shape index (κ1) is 10.6. The quantitative estimate of drug-likeness (QED) is 0.463. The van der Waals surface area contributed by atoms with E-state index in [2.05, 4.69) is 4.18 Å². The third-order valence-corrected chi connectivity index (χ3v) is 2.88. The molecule has 78 valence electrons. The van der Waals surface area contributed by atoms with E-state index >= 15 is 0 Å². The lowest BCUT2D eigenvalue weighted by molar-refractivity contribution is -0.357. The van der Waals surface area contributed by atoms with Gasteiger partial charge in [-0.3, -0.25) is 0 Å². The molecule has 1 atom stereocenters. The summed E-state index contributed by atoms with van der Waals surface area (Å²) in [5, 5.41) is -5.63. The minimum absolute atomic E-state index is 2.50. The molecule has 1 rings (SSSR count). The fourth-order valence-corrected chi connectivity index (χ4v) is 1.67. The average molecular weight is 230 g/mol. The molecule has 0 spiro atoms. The number of rotatable bonds is 0. The van der Waals surface area contributed by atoms with Crippen LogP contribution in [0.2, 0.25) is 0 Å². The van der Waals surface area contributed by atoms with Crippen LogP contribution in [-0.4, -0.2) is 25.7 Å². The van der Waals surface area contributed by atoms with Gasteiger partial charge in [0, 0.05) is 0 Å². The zero-order valence-corrected chi connectivity index (χ0v) is 6.22. The summed E-state index contributed by atoms with van der Waals surface area (Å²) in [5.41, 5.74) is 0. The van der Waals surface area contributed by atoms with Crippen LogP contribution in [0.3, 0.4) is 0 Å². The third-order valence-electron chi connectivity index (χ3n) is 1.30. The van der Waals surface area contributed by atoms with Gasteiger partial charge in [-0.15, -0.1) is 0 Å². The van der Waals surface area contributed by atoms with E-state index in [-0.39, 0.29) is 0 Å². The van der Waals surface area contributed by atoms with E-state index in [1.807, 2.05) is 0 Å². The molecule has 0 bridgehead atoms. The number of hydrogen-bond donors (Lipinski definition) is 0. The zero-order valence-electron chi connectivity index (χ0n) is 5.40. The highest BCUT2D eigenvalue weighted by Crippen LogP contribution is 2.58. The molecule has 13 heavy (non-hydrogen) atoms. The zero-order chi connectivity index (χ0) is 10.7. The Balaban J connectivity index is 3.29. The fourth-order valence-electron chi connectivity index (χ4n) is 0.667. The van der Waals surface area contributed by atoms with Gasteiger partial charge in [-0.05, 0) is 0 Å². The van der Waals surface area contributed by atoms with Crippen molar-refractivity contribution in [3.05, 3.63) is 0 Å². The second-order valence-electron chi connectivity index (χ2n) is 2.15. The van der Waals surface area contributed by atoms with Gasteiger partial charge in [0.15, 0.2) is 0 Å². The first-order chi connectivity index (χ1) is 5.46. The summed E-state index contributed by atoms with van der Waals surface area (Å²) >= 11 is 0. The Morgan fingerprint density at radius 1 is 1.08 bits per heavy atom. The Hall–Kier alpha value is -0.510. The second-order valence-corrected chi connectivity index (χ2v) is 3.78. The molecule has 3 nitrogen and oxygen atoms in total. The molecule has 0 N–H and O–H groups in total. The molecular formula is C3F6O3S. The molecule has 10 heteroatoms. The van der Waals surface area contributed by atoms with Gasteiger partial charge in [-0.2, -0.15) is 34.6 Å². The highest BCUT2D eigenvalue weighted by molar-refractivity contribution is 7.89. The van der Waals surface area contributed by atoms with E-state index in [1.165, 1.54) is 0 Å². The number of halogens is 6. The average Bonchev–Trinajstić information content (AvgIpc) is 1.80. The van der Waals surface area contributed by atoms with Crippen molar-refractivity contribution in [3.63, 3.8) is 0 Å². The van der Waals surface area contributed by atoms with E-state index in [4.69, 9.17) is 0 Å².